The van der Waals surface area contributed by atoms with Crippen LogP contribution in [0, 0.1) is 6.92 Å². The largest absolute Gasteiger partial charge is 0.140 e. The summed E-state index contributed by atoms with van der Waals surface area (Å²) in [7, 11) is 0. The zero-order valence-corrected chi connectivity index (χ0v) is 24.3. The van der Waals surface area contributed by atoms with Gasteiger partial charge in [0.2, 0.25) is 0 Å². The van der Waals surface area contributed by atoms with Crippen LogP contribution in [0.15, 0.2) is 133 Å². The van der Waals surface area contributed by atoms with Gasteiger partial charge in [-0.05, 0) is 94.6 Å². The summed E-state index contributed by atoms with van der Waals surface area (Å²) in [6.07, 6.45) is 16.3. The maximum atomic E-state index is 3.98. The maximum absolute atomic E-state index is 3.98. The molecule has 5 aromatic rings. The maximum Gasteiger partial charge on any atom is 0.0352 e. The smallest absolute Gasteiger partial charge is 0.0352 e. The minimum Gasteiger partial charge on any atom is -0.140 e. The second-order valence-corrected chi connectivity index (χ2v) is 11.7. The lowest BCUT2D eigenvalue weighted by atomic mass is 9.83. The van der Waals surface area contributed by atoms with Crippen LogP contribution < -0.4 is 0 Å². The SMILES string of the molecule is C=C/C=C\c1c(C)c(-c2ccccc2)c2ccccc2c1-c1cccc2sc(C3C=CC(C)=C(/C=C\C)C3)cc12. The van der Waals surface area contributed by atoms with Crippen LogP contribution in [0.1, 0.15) is 42.2 Å². The van der Waals surface area contributed by atoms with E-state index < -0.39 is 0 Å². The van der Waals surface area contributed by atoms with Gasteiger partial charge in [-0.25, -0.2) is 0 Å². The fourth-order valence-electron chi connectivity index (χ4n) is 6.14. The third kappa shape index (κ3) is 4.61. The molecule has 0 bridgehead atoms. The Hall–Kier alpha value is -4.20. The average Bonchev–Trinajstić information content (AvgIpc) is 3.42. The van der Waals surface area contributed by atoms with Gasteiger partial charge >= 0.3 is 0 Å². The molecule has 1 heterocycles. The second kappa shape index (κ2) is 11.1. The molecule has 1 unspecified atom stereocenters. The lowest BCUT2D eigenvalue weighted by molar-refractivity contribution is 0.835. The summed E-state index contributed by atoms with van der Waals surface area (Å²) < 4.78 is 1.34. The molecule has 1 aliphatic carbocycles. The molecule has 6 rings (SSSR count). The molecule has 1 atom stereocenters. The first-order valence-corrected chi connectivity index (χ1v) is 14.9. The van der Waals surface area contributed by atoms with E-state index in [0.717, 1.165) is 6.42 Å². The molecule has 0 amide bonds. The van der Waals surface area contributed by atoms with Gasteiger partial charge in [0.25, 0.3) is 0 Å². The number of hydrogen-bond acceptors (Lipinski definition) is 1. The third-order valence-corrected chi connectivity index (χ3v) is 9.32. The summed E-state index contributed by atoms with van der Waals surface area (Å²) in [5.41, 5.74) is 10.5. The molecular weight excluding hydrogens is 500 g/mol. The van der Waals surface area contributed by atoms with Crippen molar-refractivity contribution in [2.24, 2.45) is 0 Å². The predicted octanol–water partition coefficient (Wildman–Crippen LogP) is 11.8. The van der Waals surface area contributed by atoms with Crippen LogP contribution in [0.2, 0.25) is 0 Å². The van der Waals surface area contributed by atoms with E-state index in [1.54, 1.807) is 0 Å². The Morgan fingerprint density at radius 3 is 2.33 bits per heavy atom. The van der Waals surface area contributed by atoms with Gasteiger partial charge in [0.15, 0.2) is 0 Å². The Morgan fingerprint density at radius 1 is 0.825 bits per heavy atom. The van der Waals surface area contributed by atoms with E-state index in [0.29, 0.717) is 5.92 Å². The molecule has 196 valence electrons. The molecule has 0 saturated carbocycles. The molecule has 0 fully saturated rings. The minimum absolute atomic E-state index is 0.402. The topological polar surface area (TPSA) is 0 Å². The molecule has 0 radical (unpaired) electrons. The first kappa shape index (κ1) is 26.0. The zero-order chi connectivity index (χ0) is 27.6. The van der Waals surface area contributed by atoms with E-state index in [1.165, 1.54) is 70.3 Å². The van der Waals surface area contributed by atoms with Crippen LogP contribution in [0.25, 0.3) is 49.2 Å². The summed E-state index contributed by atoms with van der Waals surface area (Å²) in [5.74, 6) is 0.402. The molecule has 0 aliphatic heterocycles. The van der Waals surface area contributed by atoms with Crippen LogP contribution in [0.4, 0.5) is 0 Å². The highest BCUT2D eigenvalue weighted by Gasteiger charge is 2.22. The lowest BCUT2D eigenvalue weighted by Crippen LogP contribution is -2.00. The molecule has 0 N–H and O–H groups in total. The van der Waals surface area contributed by atoms with Gasteiger partial charge in [0, 0.05) is 20.9 Å². The summed E-state index contributed by atoms with van der Waals surface area (Å²) >= 11 is 1.94. The molecular formula is C39H34S. The van der Waals surface area contributed by atoms with E-state index >= 15 is 0 Å². The molecule has 0 saturated heterocycles. The van der Waals surface area contributed by atoms with Gasteiger partial charge in [0.1, 0.15) is 0 Å². The van der Waals surface area contributed by atoms with Gasteiger partial charge in [-0.3, -0.25) is 0 Å². The first-order valence-electron chi connectivity index (χ1n) is 14.0. The highest BCUT2D eigenvalue weighted by Crippen LogP contribution is 2.46. The first-order chi connectivity index (χ1) is 19.6. The predicted molar refractivity (Wildman–Crippen MR) is 178 cm³/mol. The van der Waals surface area contributed by atoms with Crippen molar-refractivity contribution in [2.75, 3.05) is 0 Å². The van der Waals surface area contributed by atoms with Crippen molar-refractivity contribution in [1.82, 2.24) is 0 Å². The minimum atomic E-state index is 0.402. The Labute approximate surface area is 242 Å². The van der Waals surface area contributed by atoms with E-state index in [1.807, 2.05) is 17.4 Å². The molecule has 40 heavy (non-hydrogen) atoms. The van der Waals surface area contributed by atoms with Crippen LogP contribution in [0.5, 0.6) is 0 Å². The summed E-state index contributed by atoms with van der Waals surface area (Å²) in [4.78, 5) is 1.43. The number of allylic oxidation sites excluding steroid dienone is 8. The van der Waals surface area contributed by atoms with Crippen LogP contribution in [0.3, 0.4) is 0 Å². The number of hydrogen-bond donors (Lipinski definition) is 0. The van der Waals surface area contributed by atoms with Crippen molar-refractivity contribution < 1.29 is 0 Å². The fraction of sp³-hybridized carbons (Fsp3) is 0.128. The molecule has 1 aromatic heterocycles. The van der Waals surface area contributed by atoms with Crippen molar-refractivity contribution in [3.05, 3.63) is 149 Å². The van der Waals surface area contributed by atoms with Crippen molar-refractivity contribution in [1.29, 1.82) is 0 Å². The summed E-state index contributed by atoms with van der Waals surface area (Å²) in [5, 5.41) is 3.90. The standard InChI is InChI=1S/C39H34S/c1-5-7-17-31-27(4)38(28-15-9-8-10-16-28)32-18-11-12-19-33(32)39(31)34-20-13-21-36-35(34)25-37(40-36)30-23-22-26(3)29(24-30)14-6-2/h5-23,25,30H,1,24H2,2-4H3/b14-6-,17-7-. The number of fused-ring (bicyclic) bond motifs is 2. The van der Waals surface area contributed by atoms with E-state index in [-0.39, 0.29) is 0 Å². The lowest BCUT2D eigenvalue weighted by Gasteiger charge is -2.20. The Kier molecular flexibility index (Phi) is 7.24. The van der Waals surface area contributed by atoms with Crippen molar-refractivity contribution in [3.63, 3.8) is 0 Å². The van der Waals surface area contributed by atoms with Crippen LogP contribution >= 0.6 is 11.3 Å². The second-order valence-electron chi connectivity index (χ2n) is 10.5. The highest BCUT2D eigenvalue weighted by atomic mass is 32.1. The molecule has 0 spiro atoms. The monoisotopic (exact) mass is 534 g/mol. The number of rotatable bonds is 6. The third-order valence-electron chi connectivity index (χ3n) is 8.08. The zero-order valence-electron chi connectivity index (χ0n) is 23.4. The Morgan fingerprint density at radius 2 is 1.57 bits per heavy atom. The molecule has 4 aromatic carbocycles. The van der Waals surface area contributed by atoms with Gasteiger partial charge in [-0.2, -0.15) is 0 Å². The number of thiophene rings is 1. The normalized spacial score (nSPS) is 15.7. The van der Waals surface area contributed by atoms with Crippen molar-refractivity contribution in [2.45, 2.75) is 33.1 Å². The van der Waals surface area contributed by atoms with E-state index in [2.05, 4.69) is 143 Å². The summed E-state index contributed by atoms with van der Waals surface area (Å²) in [6.45, 7) is 10.6. The molecule has 0 nitrogen and oxygen atoms in total. The molecule has 1 heteroatoms. The average molecular weight is 535 g/mol. The highest BCUT2D eigenvalue weighted by molar-refractivity contribution is 7.19. The van der Waals surface area contributed by atoms with Gasteiger partial charge < -0.3 is 0 Å². The summed E-state index contributed by atoms with van der Waals surface area (Å²) in [6, 6.07) is 28.9. The van der Waals surface area contributed by atoms with Crippen molar-refractivity contribution >= 4 is 38.3 Å². The Balaban J connectivity index is 1.60. The van der Waals surface area contributed by atoms with Gasteiger partial charge in [-0.1, -0.05) is 116 Å². The van der Waals surface area contributed by atoms with Crippen molar-refractivity contribution in [3.8, 4) is 22.3 Å². The quantitative estimate of drug-likeness (QED) is 0.190. The fourth-order valence-corrected chi connectivity index (χ4v) is 7.31. The van der Waals surface area contributed by atoms with Gasteiger partial charge in [0.05, 0.1) is 0 Å². The number of benzene rings is 4. The van der Waals surface area contributed by atoms with Crippen LogP contribution in [-0.2, 0) is 0 Å². The van der Waals surface area contributed by atoms with E-state index in [4.69, 9.17) is 0 Å². The van der Waals surface area contributed by atoms with Gasteiger partial charge in [-0.15, -0.1) is 11.3 Å². The van der Waals surface area contributed by atoms with E-state index in [9.17, 15) is 0 Å². The van der Waals surface area contributed by atoms with Crippen LogP contribution in [-0.4, -0.2) is 0 Å². The molecule has 1 aliphatic rings. The Bertz CT molecular complexity index is 1850.